The molecule has 0 aliphatic rings. The summed E-state index contributed by atoms with van der Waals surface area (Å²) in [6.45, 7) is 0. The van der Waals surface area contributed by atoms with E-state index in [0.29, 0.717) is 0 Å². The van der Waals surface area contributed by atoms with Crippen LogP contribution in [-0.4, -0.2) is 24.1 Å². The standard InChI is InChI=1S/C20H17NO4/c1-25-20(24)16-10-5-11-17(19(16)23)21-18(22)12-14-8-4-7-13-6-2-3-9-15(13)14/h2-11,23H,12H2,1H3,(H,21,22). The van der Waals surface area contributed by atoms with Gasteiger partial charge in [-0.1, -0.05) is 48.5 Å². The van der Waals surface area contributed by atoms with Crippen LogP contribution in [-0.2, 0) is 16.0 Å². The van der Waals surface area contributed by atoms with Crippen LogP contribution >= 0.6 is 0 Å². The SMILES string of the molecule is COC(=O)c1cccc(NC(=O)Cc2cccc3ccccc23)c1O. The van der Waals surface area contributed by atoms with Crippen LogP contribution in [0.4, 0.5) is 5.69 Å². The number of nitrogens with one attached hydrogen (secondary N) is 1. The second kappa shape index (κ2) is 7.05. The van der Waals surface area contributed by atoms with Crippen LogP contribution in [0.25, 0.3) is 10.8 Å². The summed E-state index contributed by atoms with van der Waals surface area (Å²) in [5.74, 6) is -1.25. The van der Waals surface area contributed by atoms with Gasteiger partial charge in [0.1, 0.15) is 5.56 Å². The maximum absolute atomic E-state index is 12.4. The molecule has 0 saturated heterocycles. The third-order valence-corrected chi connectivity index (χ3v) is 3.95. The van der Waals surface area contributed by atoms with Crippen LogP contribution in [0.3, 0.4) is 0 Å². The molecule has 0 atom stereocenters. The summed E-state index contributed by atoms with van der Waals surface area (Å²) >= 11 is 0. The van der Waals surface area contributed by atoms with Gasteiger partial charge in [-0.25, -0.2) is 4.79 Å². The van der Waals surface area contributed by atoms with E-state index in [1.54, 1.807) is 6.07 Å². The van der Waals surface area contributed by atoms with E-state index in [9.17, 15) is 14.7 Å². The minimum absolute atomic E-state index is 0.00506. The van der Waals surface area contributed by atoms with Crippen LogP contribution in [0.5, 0.6) is 5.75 Å². The predicted octanol–water partition coefficient (Wildman–Crippen LogP) is 3.51. The third kappa shape index (κ3) is 3.45. The Labute approximate surface area is 144 Å². The highest BCUT2D eigenvalue weighted by molar-refractivity contribution is 6.00. The van der Waals surface area contributed by atoms with Crippen molar-refractivity contribution >= 4 is 28.3 Å². The molecule has 126 valence electrons. The monoisotopic (exact) mass is 335 g/mol. The fourth-order valence-electron chi connectivity index (χ4n) is 2.73. The molecule has 0 bridgehead atoms. The van der Waals surface area contributed by atoms with Crippen LogP contribution in [0, 0.1) is 0 Å². The van der Waals surface area contributed by atoms with E-state index in [-0.39, 0.29) is 29.3 Å². The molecular formula is C20H17NO4. The fraction of sp³-hybridized carbons (Fsp3) is 0.100. The second-order valence-corrected chi connectivity index (χ2v) is 5.56. The Kier molecular flexibility index (Phi) is 4.66. The molecule has 3 rings (SSSR count). The van der Waals surface area contributed by atoms with Crippen molar-refractivity contribution in [2.45, 2.75) is 6.42 Å². The van der Waals surface area contributed by atoms with Gasteiger partial charge >= 0.3 is 5.97 Å². The average molecular weight is 335 g/mol. The Bertz CT molecular complexity index is 944. The minimum Gasteiger partial charge on any atom is -0.505 e. The summed E-state index contributed by atoms with van der Waals surface area (Å²) in [6.07, 6.45) is 0.156. The Morgan fingerprint density at radius 3 is 2.52 bits per heavy atom. The molecule has 0 fully saturated rings. The summed E-state index contributed by atoms with van der Waals surface area (Å²) in [6, 6.07) is 18.1. The van der Waals surface area contributed by atoms with Gasteiger partial charge < -0.3 is 15.2 Å². The number of fused-ring (bicyclic) bond motifs is 1. The number of anilines is 1. The van der Waals surface area contributed by atoms with E-state index >= 15 is 0 Å². The van der Waals surface area contributed by atoms with E-state index in [0.717, 1.165) is 16.3 Å². The first-order valence-electron chi connectivity index (χ1n) is 7.77. The third-order valence-electron chi connectivity index (χ3n) is 3.95. The van der Waals surface area contributed by atoms with Crippen molar-refractivity contribution in [2.75, 3.05) is 12.4 Å². The zero-order chi connectivity index (χ0) is 17.8. The lowest BCUT2D eigenvalue weighted by Crippen LogP contribution is -2.15. The number of amides is 1. The lowest BCUT2D eigenvalue weighted by molar-refractivity contribution is -0.115. The van der Waals surface area contributed by atoms with Crippen LogP contribution in [0.1, 0.15) is 15.9 Å². The smallest absolute Gasteiger partial charge is 0.341 e. The van der Waals surface area contributed by atoms with Gasteiger partial charge in [0.15, 0.2) is 5.75 Å². The summed E-state index contributed by atoms with van der Waals surface area (Å²) in [5.41, 5.74) is 1.07. The summed E-state index contributed by atoms with van der Waals surface area (Å²) < 4.78 is 4.61. The molecule has 0 aromatic heterocycles. The van der Waals surface area contributed by atoms with Gasteiger partial charge in [-0.2, -0.15) is 0 Å². The number of rotatable bonds is 4. The Morgan fingerprint density at radius 2 is 1.72 bits per heavy atom. The molecule has 1 amide bonds. The molecule has 0 spiro atoms. The normalized spacial score (nSPS) is 10.4. The molecule has 5 heteroatoms. The van der Waals surface area contributed by atoms with Gasteiger partial charge in [0.25, 0.3) is 0 Å². The van der Waals surface area contributed by atoms with E-state index in [1.807, 2.05) is 42.5 Å². The highest BCUT2D eigenvalue weighted by Gasteiger charge is 2.16. The van der Waals surface area contributed by atoms with E-state index in [4.69, 9.17) is 0 Å². The molecular weight excluding hydrogens is 318 g/mol. The van der Waals surface area contributed by atoms with Crippen molar-refractivity contribution in [3.05, 3.63) is 71.8 Å². The first kappa shape index (κ1) is 16.5. The molecule has 2 N–H and O–H groups in total. The van der Waals surface area contributed by atoms with Crippen molar-refractivity contribution in [1.29, 1.82) is 0 Å². The molecule has 0 heterocycles. The molecule has 25 heavy (non-hydrogen) atoms. The highest BCUT2D eigenvalue weighted by atomic mass is 16.5. The van der Waals surface area contributed by atoms with Crippen LogP contribution in [0.2, 0.25) is 0 Å². The van der Waals surface area contributed by atoms with Crippen molar-refractivity contribution < 1.29 is 19.4 Å². The zero-order valence-electron chi connectivity index (χ0n) is 13.7. The highest BCUT2D eigenvalue weighted by Crippen LogP contribution is 2.28. The lowest BCUT2D eigenvalue weighted by atomic mass is 10.0. The number of phenols is 1. The zero-order valence-corrected chi connectivity index (χ0v) is 13.7. The number of phenolic OH excluding ortho intramolecular Hbond substituents is 1. The van der Waals surface area contributed by atoms with Crippen LogP contribution in [0.15, 0.2) is 60.7 Å². The van der Waals surface area contributed by atoms with Gasteiger partial charge in [-0.15, -0.1) is 0 Å². The van der Waals surface area contributed by atoms with E-state index < -0.39 is 5.97 Å². The maximum Gasteiger partial charge on any atom is 0.341 e. The number of carbonyl (C=O) groups excluding carboxylic acids is 2. The molecule has 0 unspecified atom stereocenters. The first-order chi connectivity index (χ1) is 12.1. The first-order valence-corrected chi connectivity index (χ1v) is 7.77. The van der Waals surface area contributed by atoms with Crippen molar-refractivity contribution in [1.82, 2.24) is 0 Å². The topological polar surface area (TPSA) is 75.6 Å². The molecule has 3 aromatic rings. The van der Waals surface area contributed by atoms with Gasteiger partial charge in [-0.3, -0.25) is 4.79 Å². The van der Waals surface area contributed by atoms with Crippen LogP contribution < -0.4 is 5.32 Å². The molecule has 0 aliphatic carbocycles. The molecule has 0 aliphatic heterocycles. The maximum atomic E-state index is 12.4. The van der Waals surface area contributed by atoms with Crippen molar-refractivity contribution in [3.8, 4) is 5.75 Å². The Hall–Kier alpha value is -3.34. The second-order valence-electron chi connectivity index (χ2n) is 5.56. The van der Waals surface area contributed by atoms with Gasteiger partial charge in [0.05, 0.1) is 19.2 Å². The number of aromatic hydroxyl groups is 1. The van der Waals surface area contributed by atoms with E-state index in [1.165, 1.54) is 19.2 Å². The van der Waals surface area contributed by atoms with Gasteiger partial charge in [0.2, 0.25) is 5.91 Å². The lowest BCUT2D eigenvalue weighted by Gasteiger charge is -2.11. The van der Waals surface area contributed by atoms with E-state index in [2.05, 4.69) is 10.1 Å². The van der Waals surface area contributed by atoms with Crippen molar-refractivity contribution in [2.24, 2.45) is 0 Å². The number of methoxy groups -OCH3 is 1. The summed E-state index contributed by atoms with van der Waals surface area (Å²) in [7, 11) is 1.23. The fourth-order valence-corrected chi connectivity index (χ4v) is 2.73. The number of hydrogen-bond donors (Lipinski definition) is 2. The number of benzene rings is 3. The Balaban J connectivity index is 1.82. The molecule has 5 nitrogen and oxygen atoms in total. The number of esters is 1. The largest absolute Gasteiger partial charge is 0.505 e. The van der Waals surface area contributed by atoms with Crippen molar-refractivity contribution in [3.63, 3.8) is 0 Å². The quantitative estimate of drug-likeness (QED) is 0.565. The molecule has 3 aromatic carbocycles. The predicted molar refractivity (Wildman–Crippen MR) is 95.7 cm³/mol. The minimum atomic E-state index is -0.664. The number of carbonyl (C=O) groups is 2. The van der Waals surface area contributed by atoms with Gasteiger partial charge in [-0.05, 0) is 28.5 Å². The summed E-state index contributed by atoms with van der Waals surface area (Å²) in [4.78, 5) is 24.0. The number of para-hydroxylation sites is 1. The number of hydrogen-bond acceptors (Lipinski definition) is 4. The summed E-state index contributed by atoms with van der Waals surface area (Å²) in [5, 5.41) is 14.9. The van der Waals surface area contributed by atoms with Gasteiger partial charge in [0, 0.05) is 0 Å². The average Bonchev–Trinajstić information content (AvgIpc) is 2.63. The number of ether oxygens (including phenoxy) is 1. The molecule has 0 saturated carbocycles. The Morgan fingerprint density at radius 1 is 1.00 bits per heavy atom. The molecule has 0 radical (unpaired) electrons.